The number of amides is 1. The van der Waals surface area contributed by atoms with Crippen LogP contribution in [0.25, 0.3) is 0 Å². The third-order valence-electron chi connectivity index (χ3n) is 2.20. The number of nitrogens with one attached hydrogen (secondary N) is 1. The molecule has 1 saturated heterocycles. The van der Waals surface area contributed by atoms with Crippen molar-refractivity contribution < 1.29 is 9.53 Å². The van der Waals surface area contributed by atoms with Gasteiger partial charge in [-0.3, -0.25) is 4.79 Å². The topological polar surface area (TPSA) is 53.4 Å². The quantitative estimate of drug-likeness (QED) is 0.579. The molecule has 5 heteroatoms. The number of thioether (sulfide) groups is 1. The molecule has 2 atom stereocenters. The molecule has 1 amide bonds. The number of hydrogen-bond acceptors (Lipinski definition) is 4. The smallest absolute Gasteiger partial charge is 0.232 e. The van der Waals surface area contributed by atoms with E-state index in [9.17, 15) is 4.79 Å². The van der Waals surface area contributed by atoms with E-state index in [-0.39, 0.29) is 18.1 Å². The maximum atomic E-state index is 11.7. The van der Waals surface area contributed by atoms with Crippen molar-refractivity contribution in [1.29, 1.82) is 5.41 Å². The number of hydrogen-bond donors (Lipinski definition) is 1. The molecular weight excluding hydrogens is 212 g/mol. The lowest BCUT2D eigenvalue weighted by Gasteiger charge is -2.35. The van der Waals surface area contributed by atoms with Gasteiger partial charge in [0.25, 0.3) is 0 Å². The highest BCUT2D eigenvalue weighted by atomic mass is 32.2. The third kappa shape index (κ3) is 4.22. The van der Waals surface area contributed by atoms with Crippen molar-refractivity contribution in [3.05, 3.63) is 0 Å². The molecule has 0 radical (unpaired) electrons. The van der Waals surface area contributed by atoms with Gasteiger partial charge >= 0.3 is 0 Å². The summed E-state index contributed by atoms with van der Waals surface area (Å²) in [4.78, 5) is 13.6. The molecule has 1 heterocycles. The Kier molecular flexibility index (Phi) is 5.11. The van der Waals surface area contributed by atoms with Gasteiger partial charge < -0.3 is 15.0 Å². The lowest BCUT2D eigenvalue weighted by Crippen LogP contribution is -2.48. The van der Waals surface area contributed by atoms with Crippen LogP contribution >= 0.6 is 11.8 Å². The van der Waals surface area contributed by atoms with Gasteiger partial charge in [0.1, 0.15) is 0 Å². The van der Waals surface area contributed by atoms with Gasteiger partial charge in [-0.05, 0) is 13.8 Å². The predicted octanol–water partition coefficient (Wildman–Crippen LogP) is 1.00. The normalized spacial score (nSPS) is 26.4. The van der Waals surface area contributed by atoms with Gasteiger partial charge in [-0.1, -0.05) is 0 Å². The molecule has 0 aromatic carbocycles. The fourth-order valence-corrected chi connectivity index (χ4v) is 2.27. The van der Waals surface area contributed by atoms with Crippen molar-refractivity contribution in [3.8, 4) is 0 Å². The second-order valence-electron chi connectivity index (χ2n) is 3.78. The monoisotopic (exact) mass is 230 g/mol. The first-order valence-electron chi connectivity index (χ1n) is 5.13. The average molecular weight is 230 g/mol. The number of carbonyl (C=O) groups excluding carboxylic acids is 1. The van der Waals surface area contributed by atoms with Crippen LogP contribution in [0, 0.1) is 5.41 Å². The standard InChI is InChI=1S/C10H18N2O2S/c1-8-5-12(6-9(2)14-8)10(13)7-15-4-3-11/h3,8-9,11H,4-7H2,1-2H3. The first-order valence-corrected chi connectivity index (χ1v) is 6.29. The molecule has 0 bridgehead atoms. The highest BCUT2D eigenvalue weighted by molar-refractivity contribution is 8.00. The van der Waals surface area contributed by atoms with Crippen molar-refractivity contribution in [3.63, 3.8) is 0 Å². The molecule has 1 aliphatic heterocycles. The molecule has 0 aliphatic carbocycles. The van der Waals surface area contributed by atoms with Gasteiger partial charge in [-0.25, -0.2) is 0 Å². The number of ether oxygens (including phenoxy) is 1. The van der Waals surface area contributed by atoms with E-state index in [1.54, 1.807) is 0 Å². The van der Waals surface area contributed by atoms with E-state index in [1.807, 2.05) is 18.7 Å². The Hall–Kier alpha value is -0.550. The summed E-state index contributed by atoms with van der Waals surface area (Å²) >= 11 is 1.48. The Labute approximate surface area is 94.9 Å². The maximum Gasteiger partial charge on any atom is 0.232 e. The van der Waals surface area contributed by atoms with Crippen molar-refractivity contribution in [2.24, 2.45) is 0 Å². The van der Waals surface area contributed by atoms with Crippen molar-refractivity contribution in [2.45, 2.75) is 26.1 Å². The van der Waals surface area contributed by atoms with Crippen molar-refractivity contribution in [1.82, 2.24) is 4.90 Å². The zero-order valence-corrected chi connectivity index (χ0v) is 10.0. The van der Waals surface area contributed by atoms with Crippen molar-refractivity contribution in [2.75, 3.05) is 24.6 Å². The largest absolute Gasteiger partial charge is 0.372 e. The van der Waals surface area contributed by atoms with E-state index in [1.165, 1.54) is 18.0 Å². The molecule has 1 aliphatic rings. The number of carbonyl (C=O) groups is 1. The van der Waals surface area contributed by atoms with Crippen LogP contribution in [0.5, 0.6) is 0 Å². The highest BCUT2D eigenvalue weighted by Crippen LogP contribution is 2.12. The highest BCUT2D eigenvalue weighted by Gasteiger charge is 2.25. The Morgan fingerprint density at radius 1 is 1.53 bits per heavy atom. The Morgan fingerprint density at radius 3 is 2.67 bits per heavy atom. The minimum atomic E-state index is 0.130. The van der Waals surface area contributed by atoms with Crippen LogP contribution in [0.2, 0.25) is 0 Å². The van der Waals surface area contributed by atoms with E-state index in [0.717, 1.165) is 0 Å². The summed E-state index contributed by atoms with van der Waals surface area (Å²) in [5, 5.41) is 6.86. The zero-order valence-electron chi connectivity index (χ0n) is 9.23. The molecule has 2 unspecified atom stereocenters. The zero-order chi connectivity index (χ0) is 11.3. The van der Waals surface area contributed by atoms with Gasteiger partial charge in [0.15, 0.2) is 0 Å². The fraction of sp³-hybridized carbons (Fsp3) is 0.800. The minimum absolute atomic E-state index is 0.130. The Bertz CT molecular complexity index is 225. The maximum absolute atomic E-state index is 11.7. The second-order valence-corrected chi connectivity index (χ2v) is 4.81. The van der Waals surface area contributed by atoms with Crippen molar-refractivity contribution >= 4 is 23.9 Å². The molecular formula is C10H18N2O2S. The van der Waals surface area contributed by atoms with Gasteiger partial charge in [-0.2, -0.15) is 0 Å². The van der Waals surface area contributed by atoms with E-state index in [2.05, 4.69) is 0 Å². The lowest BCUT2D eigenvalue weighted by molar-refractivity contribution is -0.140. The Balaban J connectivity index is 2.34. The van der Waals surface area contributed by atoms with E-state index < -0.39 is 0 Å². The molecule has 0 saturated carbocycles. The van der Waals surface area contributed by atoms with Gasteiger partial charge in [-0.15, -0.1) is 11.8 Å². The molecule has 86 valence electrons. The summed E-state index contributed by atoms with van der Waals surface area (Å²) in [5.41, 5.74) is 0. The predicted molar refractivity (Wildman–Crippen MR) is 62.7 cm³/mol. The van der Waals surface area contributed by atoms with Crippen LogP contribution in [0.15, 0.2) is 0 Å². The van der Waals surface area contributed by atoms with Crippen LogP contribution in [-0.4, -0.2) is 53.8 Å². The summed E-state index contributed by atoms with van der Waals surface area (Å²) in [6.45, 7) is 5.35. The van der Waals surface area contributed by atoms with E-state index in [0.29, 0.717) is 24.6 Å². The molecule has 0 spiro atoms. The molecule has 0 aromatic rings. The van der Waals surface area contributed by atoms with Gasteiger partial charge in [0.05, 0.1) is 18.0 Å². The number of rotatable bonds is 4. The van der Waals surface area contributed by atoms with E-state index >= 15 is 0 Å². The van der Waals surface area contributed by atoms with E-state index in [4.69, 9.17) is 10.1 Å². The number of morpholine rings is 1. The molecule has 4 nitrogen and oxygen atoms in total. The number of nitrogens with zero attached hydrogens (tertiary/aromatic N) is 1. The fourth-order valence-electron chi connectivity index (χ4n) is 1.68. The van der Waals surface area contributed by atoms with Crippen LogP contribution in [0.3, 0.4) is 0 Å². The molecule has 15 heavy (non-hydrogen) atoms. The SMILES string of the molecule is CC1CN(C(=O)CSCC=N)CC(C)O1. The minimum Gasteiger partial charge on any atom is -0.372 e. The molecule has 0 aromatic heterocycles. The van der Waals surface area contributed by atoms with Gasteiger partial charge in [0, 0.05) is 25.1 Å². The summed E-state index contributed by atoms with van der Waals surface area (Å²) < 4.78 is 5.56. The first kappa shape index (κ1) is 12.5. The Morgan fingerprint density at radius 2 is 2.13 bits per heavy atom. The molecule has 1 fully saturated rings. The summed E-state index contributed by atoms with van der Waals surface area (Å²) in [5.74, 6) is 1.24. The average Bonchev–Trinajstić information content (AvgIpc) is 2.16. The summed E-state index contributed by atoms with van der Waals surface area (Å²) in [7, 11) is 0. The molecule has 1 rings (SSSR count). The third-order valence-corrected chi connectivity index (χ3v) is 3.05. The van der Waals surface area contributed by atoms with Crippen LogP contribution in [-0.2, 0) is 9.53 Å². The first-order chi connectivity index (χ1) is 7.13. The second kappa shape index (κ2) is 6.12. The van der Waals surface area contributed by atoms with Crippen LogP contribution in [0.1, 0.15) is 13.8 Å². The summed E-state index contributed by atoms with van der Waals surface area (Å²) in [6, 6.07) is 0. The van der Waals surface area contributed by atoms with Gasteiger partial charge in [0.2, 0.25) is 5.91 Å². The van der Waals surface area contributed by atoms with Crippen LogP contribution in [0.4, 0.5) is 0 Å². The molecule has 1 N–H and O–H groups in total. The summed E-state index contributed by atoms with van der Waals surface area (Å²) in [6.07, 6.45) is 1.58. The lowest BCUT2D eigenvalue weighted by atomic mass is 10.2. The van der Waals surface area contributed by atoms with Crippen LogP contribution < -0.4 is 0 Å².